The molecule has 0 spiro atoms. The van der Waals surface area contributed by atoms with Crippen molar-refractivity contribution in [1.82, 2.24) is 10.2 Å². The molecule has 0 saturated carbocycles. The maximum absolute atomic E-state index is 14.9. The van der Waals surface area contributed by atoms with Gasteiger partial charge in [0.25, 0.3) is 0 Å². The fourth-order valence-corrected chi connectivity index (χ4v) is 5.00. The average Bonchev–Trinajstić information content (AvgIpc) is 3.05. The molecular weight excluding hydrogens is 407 g/mol. The van der Waals surface area contributed by atoms with E-state index in [0.717, 1.165) is 49.8 Å². The Labute approximate surface area is 197 Å². The van der Waals surface area contributed by atoms with Crippen molar-refractivity contribution < 1.29 is 4.39 Å². The summed E-state index contributed by atoms with van der Waals surface area (Å²) in [6.45, 7) is 8.66. The summed E-state index contributed by atoms with van der Waals surface area (Å²) in [6.07, 6.45) is 18.7. The van der Waals surface area contributed by atoms with E-state index in [1.807, 2.05) is 19.1 Å². The van der Waals surface area contributed by atoms with Gasteiger partial charge in [-0.1, -0.05) is 69.4 Å². The number of halogens is 1. The van der Waals surface area contributed by atoms with E-state index < -0.39 is 5.95 Å². The summed E-state index contributed by atoms with van der Waals surface area (Å²) in [5.41, 5.74) is 10.5. The first-order valence-electron chi connectivity index (χ1n) is 12.3. The Hall–Kier alpha value is -2.94. The number of rotatable bonds is 6. The summed E-state index contributed by atoms with van der Waals surface area (Å²) in [6, 6.07) is 6.92. The lowest BCUT2D eigenvalue weighted by molar-refractivity contribution is 0.575. The van der Waals surface area contributed by atoms with Crippen LogP contribution in [0.2, 0.25) is 0 Å². The zero-order valence-electron chi connectivity index (χ0n) is 20.3. The second-order valence-electron chi connectivity index (χ2n) is 9.30. The number of hydrogen-bond donors (Lipinski definition) is 1. The number of nitrogens with zero attached hydrogens (tertiary/aromatic N) is 1. The third kappa shape index (κ3) is 4.88. The minimum absolute atomic E-state index is 0.414. The highest BCUT2D eigenvalue weighted by atomic mass is 19.1. The molecule has 0 aliphatic heterocycles. The van der Waals surface area contributed by atoms with Crippen LogP contribution < -0.4 is 0 Å². The van der Waals surface area contributed by atoms with E-state index in [1.54, 1.807) is 0 Å². The van der Waals surface area contributed by atoms with Crippen LogP contribution >= 0.6 is 0 Å². The van der Waals surface area contributed by atoms with Crippen molar-refractivity contribution in [3.63, 3.8) is 0 Å². The molecule has 2 aliphatic carbocycles. The summed E-state index contributed by atoms with van der Waals surface area (Å²) in [5.74, 6) is 0.0791. The van der Waals surface area contributed by atoms with Crippen LogP contribution in [0.4, 0.5) is 4.39 Å². The van der Waals surface area contributed by atoms with Gasteiger partial charge in [-0.05, 0) is 96.4 Å². The normalized spacial score (nSPS) is 17.0. The molecule has 4 rings (SSSR count). The monoisotopic (exact) mass is 442 g/mol. The zero-order chi connectivity index (χ0) is 23.4. The topological polar surface area (TPSA) is 28.7 Å². The number of aromatic nitrogens is 2. The van der Waals surface area contributed by atoms with Gasteiger partial charge in [0, 0.05) is 0 Å². The third-order valence-corrected chi connectivity index (χ3v) is 6.79. The Morgan fingerprint density at radius 1 is 1.15 bits per heavy atom. The maximum Gasteiger partial charge on any atom is 0.240 e. The second-order valence-corrected chi connectivity index (χ2v) is 9.30. The fraction of sp³-hybridized carbons (Fsp3) is 0.367. The second kappa shape index (κ2) is 10.3. The molecule has 1 aromatic heterocycles. The Morgan fingerprint density at radius 3 is 2.70 bits per heavy atom. The van der Waals surface area contributed by atoms with Gasteiger partial charge in [-0.3, -0.25) is 5.10 Å². The SMILES string of the molecule is C/C=C\c1[nH]nc(F)c1C1=CC(c2ccc(C(C)C)cc2CC)=C(C2=CC=CCC2)CCC1. The highest BCUT2D eigenvalue weighted by Gasteiger charge is 2.23. The van der Waals surface area contributed by atoms with E-state index in [4.69, 9.17) is 0 Å². The lowest BCUT2D eigenvalue weighted by Crippen LogP contribution is -2.01. The first-order valence-corrected chi connectivity index (χ1v) is 12.3. The average molecular weight is 443 g/mol. The lowest BCUT2D eigenvalue weighted by atomic mass is 9.85. The van der Waals surface area contributed by atoms with Crippen LogP contribution in [0, 0.1) is 5.95 Å². The van der Waals surface area contributed by atoms with Gasteiger partial charge in [-0.25, -0.2) is 0 Å². The molecule has 2 aromatic rings. The molecule has 33 heavy (non-hydrogen) atoms. The van der Waals surface area contributed by atoms with Gasteiger partial charge in [0.1, 0.15) is 0 Å². The van der Waals surface area contributed by atoms with Crippen molar-refractivity contribution in [2.24, 2.45) is 0 Å². The highest BCUT2D eigenvalue weighted by molar-refractivity contribution is 5.90. The van der Waals surface area contributed by atoms with Gasteiger partial charge in [-0.15, -0.1) is 5.10 Å². The molecule has 3 heteroatoms. The van der Waals surface area contributed by atoms with E-state index in [1.165, 1.54) is 33.4 Å². The number of hydrogen-bond acceptors (Lipinski definition) is 1. The Balaban J connectivity index is 1.95. The first kappa shape index (κ1) is 23.2. The molecule has 1 aromatic carbocycles. The molecule has 1 heterocycles. The molecular formula is C30H35FN2. The zero-order valence-corrected chi connectivity index (χ0v) is 20.3. The van der Waals surface area contributed by atoms with Crippen molar-refractivity contribution in [3.8, 4) is 0 Å². The van der Waals surface area contributed by atoms with Gasteiger partial charge in [0.2, 0.25) is 5.95 Å². The molecule has 0 amide bonds. The van der Waals surface area contributed by atoms with Crippen LogP contribution in [0.5, 0.6) is 0 Å². The van der Waals surface area contributed by atoms with Crippen molar-refractivity contribution in [2.75, 3.05) is 0 Å². The number of H-pyrrole nitrogens is 1. The molecule has 0 saturated heterocycles. The minimum Gasteiger partial charge on any atom is -0.275 e. The van der Waals surface area contributed by atoms with Crippen LogP contribution in [0.25, 0.3) is 17.2 Å². The van der Waals surface area contributed by atoms with E-state index >= 15 is 0 Å². The minimum atomic E-state index is -0.414. The number of aryl methyl sites for hydroxylation is 1. The molecule has 0 bridgehead atoms. The standard InChI is InChI=1S/C30H35FN2/c1-5-11-28-29(30(31)33-32-28)24-14-10-15-25(22-12-8-7-9-13-22)27(19-24)26-17-16-23(20(3)4)18-21(26)6-2/h5,7-8,11-12,16-20H,6,9-10,13-15H2,1-4H3,(H,32,33)/b11-5-. The fourth-order valence-electron chi connectivity index (χ4n) is 5.00. The van der Waals surface area contributed by atoms with E-state index in [0.29, 0.717) is 11.5 Å². The van der Waals surface area contributed by atoms with Gasteiger partial charge < -0.3 is 0 Å². The Bertz CT molecular complexity index is 1170. The summed E-state index contributed by atoms with van der Waals surface area (Å²) >= 11 is 0. The van der Waals surface area contributed by atoms with Crippen molar-refractivity contribution in [1.29, 1.82) is 0 Å². The number of aromatic amines is 1. The summed E-state index contributed by atoms with van der Waals surface area (Å²) in [4.78, 5) is 0. The first-order chi connectivity index (χ1) is 16.0. The maximum atomic E-state index is 14.9. The van der Waals surface area contributed by atoms with E-state index in [-0.39, 0.29) is 0 Å². The summed E-state index contributed by atoms with van der Waals surface area (Å²) < 4.78 is 14.9. The quantitative estimate of drug-likeness (QED) is 0.477. The molecule has 0 radical (unpaired) electrons. The number of allylic oxidation sites excluding steroid dienone is 9. The van der Waals surface area contributed by atoms with Crippen LogP contribution in [-0.4, -0.2) is 10.2 Å². The largest absolute Gasteiger partial charge is 0.275 e. The van der Waals surface area contributed by atoms with Crippen molar-refractivity contribution in [2.45, 2.75) is 72.1 Å². The van der Waals surface area contributed by atoms with Crippen LogP contribution in [0.15, 0.2) is 59.7 Å². The molecule has 2 nitrogen and oxygen atoms in total. The molecule has 0 fully saturated rings. The van der Waals surface area contributed by atoms with Crippen LogP contribution in [0.3, 0.4) is 0 Å². The lowest BCUT2D eigenvalue weighted by Gasteiger charge is -2.20. The molecule has 1 N–H and O–H groups in total. The Kier molecular flexibility index (Phi) is 7.27. The predicted molar refractivity (Wildman–Crippen MR) is 138 cm³/mol. The number of nitrogens with one attached hydrogen (secondary N) is 1. The Morgan fingerprint density at radius 2 is 2.00 bits per heavy atom. The molecule has 0 unspecified atom stereocenters. The molecule has 172 valence electrons. The third-order valence-electron chi connectivity index (χ3n) is 6.79. The van der Waals surface area contributed by atoms with Gasteiger partial charge >= 0.3 is 0 Å². The van der Waals surface area contributed by atoms with Crippen LogP contribution in [0.1, 0.15) is 93.7 Å². The van der Waals surface area contributed by atoms with Crippen LogP contribution in [-0.2, 0) is 6.42 Å². The van der Waals surface area contributed by atoms with Gasteiger partial charge in [-0.2, -0.15) is 4.39 Å². The molecule has 2 aliphatic rings. The smallest absolute Gasteiger partial charge is 0.240 e. The molecule has 0 atom stereocenters. The van der Waals surface area contributed by atoms with E-state index in [9.17, 15) is 4.39 Å². The van der Waals surface area contributed by atoms with Gasteiger partial charge in [0.15, 0.2) is 0 Å². The van der Waals surface area contributed by atoms with E-state index in [2.05, 4.69) is 73.5 Å². The number of benzene rings is 1. The van der Waals surface area contributed by atoms with Crippen molar-refractivity contribution in [3.05, 3.63) is 93.6 Å². The summed E-state index contributed by atoms with van der Waals surface area (Å²) in [5, 5.41) is 6.77. The van der Waals surface area contributed by atoms with Gasteiger partial charge in [0.05, 0.1) is 11.3 Å². The summed E-state index contributed by atoms with van der Waals surface area (Å²) in [7, 11) is 0. The highest BCUT2D eigenvalue weighted by Crippen LogP contribution is 2.41. The predicted octanol–water partition coefficient (Wildman–Crippen LogP) is 8.57. The van der Waals surface area contributed by atoms with Crippen molar-refractivity contribution >= 4 is 17.2 Å².